The molecule has 1 aliphatic heterocycles. The Morgan fingerprint density at radius 1 is 1.32 bits per heavy atom. The number of fused-ring (bicyclic) bond motifs is 1. The molecule has 3 heterocycles. The second kappa shape index (κ2) is 7.16. The summed E-state index contributed by atoms with van der Waals surface area (Å²) in [5.41, 5.74) is 2.40. The lowest BCUT2D eigenvalue weighted by Gasteiger charge is -2.16. The predicted octanol–water partition coefficient (Wildman–Crippen LogP) is 2.61. The molecule has 7 nitrogen and oxygen atoms in total. The standard InChI is InChI=1S/C21H18N4O3/c1-13-19(16-4-2-3-5-17(16)24-13)20(26)21(27)25-9-7-15(12-25)28-18-10-14(11-22)6-8-23-18/h2-6,8,10,15,24H,7,9,12H2,1H3. The predicted molar refractivity (Wildman–Crippen MR) is 102 cm³/mol. The molecule has 4 rings (SSSR count). The fourth-order valence-electron chi connectivity index (χ4n) is 3.54. The first-order valence-corrected chi connectivity index (χ1v) is 9.00. The number of pyridine rings is 1. The molecule has 1 atom stereocenters. The number of amides is 1. The van der Waals surface area contributed by atoms with Gasteiger partial charge in [-0.3, -0.25) is 9.59 Å². The highest BCUT2D eigenvalue weighted by molar-refractivity contribution is 6.45. The van der Waals surface area contributed by atoms with Gasteiger partial charge in [0.15, 0.2) is 0 Å². The summed E-state index contributed by atoms with van der Waals surface area (Å²) in [6.07, 6.45) is 1.85. The van der Waals surface area contributed by atoms with Crippen LogP contribution in [0.2, 0.25) is 0 Å². The molecule has 2 aromatic heterocycles. The topological polar surface area (TPSA) is 99.1 Å². The van der Waals surface area contributed by atoms with Gasteiger partial charge in [-0.25, -0.2) is 4.98 Å². The molecule has 1 fully saturated rings. The van der Waals surface area contributed by atoms with Crippen LogP contribution < -0.4 is 4.74 Å². The number of nitrogens with one attached hydrogen (secondary N) is 1. The Kier molecular flexibility index (Phi) is 4.53. The van der Waals surface area contributed by atoms with Crippen LogP contribution in [-0.4, -0.2) is 45.8 Å². The summed E-state index contributed by atoms with van der Waals surface area (Å²) in [6.45, 7) is 2.54. The number of benzene rings is 1. The number of hydrogen-bond donors (Lipinski definition) is 1. The van der Waals surface area contributed by atoms with E-state index in [0.717, 1.165) is 10.9 Å². The van der Waals surface area contributed by atoms with Crippen molar-refractivity contribution in [2.75, 3.05) is 13.1 Å². The summed E-state index contributed by atoms with van der Waals surface area (Å²) in [5.74, 6) is -0.699. The molecule has 0 spiro atoms. The molecular weight excluding hydrogens is 356 g/mol. The number of H-pyrrole nitrogens is 1. The molecule has 0 bridgehead atoms. The highest BCUT2D eigenvalue weighted by Gasteiger charge is 2.33. The van der Waals surface area contributed by atoms with Gasteiger partial charge in [0, 0.05) is 41.8 Å². The van der Waals surface area contributed by atoms with Crippen LogP contribution in [-0.2, 0) is 4.79 Å². The lowest BCUT2D eigenvalue weighted by molar-refractivity contribution is -0.125. The van der Waals surface area contributed by atoms with Crippen LogP contribution >= 0.6 is 0 Å². The minimum Gasteiger partial charge on any atom is -0.472 e. The van der Waals surface area contributed by atoms with Crippen LogP contribution in [0.4, 0.5) is 0 Å². The fourth-order valence-corrected chi connectivity index (χ4v) is 3.54. The van der Waals surface area contributed by atoms with E-state index in [9.17, 15) is 9.59 Å². The Hall–Kier alpha value is -3.66. The smallest absolute Gasteiger partial charge is 0.295 e. The molecule has 1 aromatic carbocycles. The van der Waals surface area contributed by atoms with E-state index in [1.54, 1.807) is 19.1 Å². The number of aromatic amines is 1. The maximum Gasteiger partial charge on any atom is 0.295 e. The van der Waals surface area contributed by atoms with E-state index in [1.807, 2.05) is 30.3 Å². The van der Waals surface area contributed by atoms with Crippen molar-refractivity contribution < 1.29 is 14.3 Å². The third-order valence-corrected chi connectivity index (χ3v) is 4.90. The van der Waals surface area contributed by atoms with Crippen molar-refractivity contribution in [3.63, 3.8) is 0 Å². The molecule has 0 saturated carbocycles. The van der Waals surface area contributed by atoms with Gasteiger partial charge in [0.25, 0.3) is 11.7 Å². The van der Waals surface area contributed by atoms with Crippen LogP contribution in [0.1, 0.15) is 28.0 Å². The van der Waals surface area contributed by atoms with Gasteiger partial charge in [0.1, 0.15) is 6.10 Å². The highest BCUT2D eigenvalue weighted by atomic mass is 16.5. The van der Waals surface area contributed by atoms with E-state index in [0.29, 0.717) is 42.2 Å². The highest BCUT2D eigenvalue weighted by Crippen LogP contribution is 2.24. The first kappa shape index (κ1) is 17.7. The van der Waals surface area contributed by atoms with Gasteiger partial charge in [0.2, 0.25) is 5.88 Å². The monoisotopic (exact) mass is 374 g/mol. The lowest BCUT2D eigenvalue weighted by atomic mass is 10.1. The van der Waals surface area contributed by atoms with E-state index >= 15 is 0 Å². The summed E-state index contributed by atoms with van der Waals surface area (Å²) < 4.78 is 5.79. The molecule has 1 saturated heterocycles. The zero-order valence-electron chi connectivity index (χ0n) is 15.3. The Labute approximate surface area is 161 Å². The van der Waals surface area contributed by atoms with Crippen LogP contribution in [0.5, 0.6) is 5.88 Å². The maximum absolute atomic E-state index is 12.9. The number of hydrogen-bond acceptors (Lipinski definition) is 5. The third kappa shape index (κ3) is 3.21. The first-order chi connectivity index (χ1) is 13.6. The van der Waals surface area contributed by atoms with Gasteiger partial charge < -0.3 is 14.6 Å². The molecular formula is C21H18N4O3. The van der Waals surface area contributed by atoms with E-state index < -0.39 is 11.7 Å². The molecule has 1 unspecified atom stereocenters. The Morgan fingerprint density at radius 2 is 2.14 bits per heavy atom. The third-order valence-electron chi connectivity index (χ3n) is 4.90. The molecule has 1 aliphatic rings. The van der Waals surface area contributed by atoms with Crippen molar-refractivity contribution in [2.24, 2.45) is 0 Å². The number of carbonyl (C=O) groups excluding carboxylic acids is 2. The number of aromatic nitrogens is 2. The Bertz CT molecular complexity index is 1110. The van der Waals surface area contributed by atoms with Crippen LogP contribution in [0.25, 0.3) is 10.9 Å². The molecule has 1 N–H and O–H groups in total. The van der Waals surface area contributed by atoms with Crippen LogP contribution in [0, 0.1) is 18.3 Å². The number of para-hydroxylation sites is 1. The number of nitriles is 1. The minimum absolute atomic E-state index is 0.262. The molecule has 1 amide bonds. The van der Waals surface area contributed by atoms with Crippen molar-refractivity contribution in [1.82, 2.24) is 14.9 Å². The van der Waals surface area contributed by atoms with Crippen molar-refractivity contribution in [2.45, 2.75) is 19.4 Å². The van der Waals surface area contributed by atoms with E-state index in [-0.39, 0.29) is 6.10 Å². The maximum atomic E-state index is 12.9. The van der Waals surface area contributed by atoms with E-state index in [2.05, 4.69) is 9.97 Å². The number of aryl methyl sites for hydroxylation is 1. The van der Waals surface area contributed by atoms with Gasteiger partial charge in [0.05, 0.1) is 23.7 Å². The zero-order valence-corrected chi connectivity index (χ0v) is 15.3. The van der Waals surface area contributed by atoms with Gasteiger partial charge in [-0.2, -0.15) is 5.26 Å². The number of rotatable bonds is 4. The number of nitrogens with zero attached hydrogens (tertiary/aromatic N) is 3. The number of ketones is 1. The normalized spacial score (nSPS) is 16.1. The van der Waals surface area contributed by atoms with Crippen molar-refractivity contribution >= 4 is 22.6 Å². The number of carbonyl (C=O) groups is 2. The summed E-state index contributed by atoms with van der Waals surface area (Å²) >= 11 is 0. The van der Waals surface area contributed by atoms with Gasteiger partial charge in [-0.15, -0.1) is 0 Å². The van der Waals surface area contributed by atoms with E-state index in [4.69, 9.17) is 10.00 Å². The van der Waals surface area contributed by atoms with E-state index in [1.165, 1.54) is 11.1 Å². The van der Waals surface area contributed by atoms with Crippen molar-refractivity contribution in [3.8, 4) is 11.9 Å². The largest absolute Gasteiger partial charge is 0.472 e. The zero-order chi connectivity index (χ0) is 19.7. The fraction of sp³-hybridized carbons (Fsp3) is 0.238. The van der Waals surface area contributed by atoms with Gasteiger partial charge in [-0.05, 0) is 19.1 Å². The number of likely N-dealkylation sites (tertiary alicyclic amines) is 1. The Balaban J connectivity index is 1.47. The second-order valence-corrected chi connectivity index (χ2v) is 6.77. The molecule has 140 valence electrons. The van der Waals surface area contributed by atoms with Gasteiger partial charge in [-0.1, -0.05) is 18.2 Å². The summed E-state index contributed by atoms with van der Waals surface area (Å²) in [5, 5.41) is 9.71. The molecule has 28 heavy (non-hydrogen) atoms. The number of Topliss-reactive ketones (excluding diaryl/α,β-unsaturated/α-hetero) is 1. The van der Waals surface area contributed by atoms with Crippen molar-refractivity contribution in [3.05, 3.63) is 59.4 Å². The first-order valence-electron chi connectivity index (χ1n) is 9.00. The summed E-state index contributed by atoms with van der Waals surface area (Å²) in [6, 6.07) is 12.6. The van der Waals surface area contributed by atoms with Gasteiger partial charge >= 0.3 is 0 Å². The molecule has 0 radical (unpaired) electrons. The van der Waals surface area contributed by atoms with Crippen LogP contribution in [0.3, 0.4) is 0 Å². The average molecular weight is 374 g/mol. The quantitative estimate of drug-likeness (QED) is 0.559. The minimum atomic E-state index is -0.530. The second-order valence-electron chi connectivity index (χ2n) is 6.77. The molecule has 7 heteroatoms. The number of ether oxygens (including phenoxy) is 1. The Morgan fingerprint density at radius 3 is 2.96 bits per heavy atom. The molecule has 3 aromatic rings. The van der Waals surface area contributed by atoms with Crippen molar-refractivity contribution in [1.29, 1.82) is 5.26 Å². The summed E-state index contributed by atoms with van der Waals surface area (Å²) in [7, 11) is 0. The van der Waals surface area contributed by atoms with Crippen LogP contribution in [0.15, 0.2) is 42.6 Å². The molecule has 0 aliphatic carbocycles. The lowest BCUT2D eigenvalue weighted by Crippen LogP contribution is -2.36. The SMILES string of the molecule is Cc1[nH]c2ccccc2c1C(=O)C(=O)N1CCC(Oc2cc(C#N)ccn2)C1. The summed E-state index contributed by atoms with van der Waals surface area (Å²) in [4.78, 5) is 34.4. The average Bonchev–Trinajstić information content (AvgIpc) is 3.30.